The lowest BCUT2D eigenvalue weighted by Gasteiger charge is -2.15. The van der Waals surface area contributed by atoms with Gasteiger partial charge in [0, 0.05) is 31.3 Å². The Morgan fingerprint density at radius 1 is 1.06 bits per heavy atom. The number of nitrogens with zero attached hydrogens (tertiary/aromatic N) is 3. The predicted molar refractivity (Wildman–Crippen MR) is 137 cm³/mol. The van der Waals surface area contributed by atoms with Crippen molar-refractivity contribution in [2.75, 3.05) is 33.9 Å². The van der Waals surface area contributed by atoms with E-state index in [9.17, 15) is 14.0 Å². The zero-order valence-corrected chi connectivity index (χ0v) is 20.9. The van der Waals surface area contributed by atoms with E-state index in [1.54, 1.807) is 19.2 Å². The molecule has 2 aromatic carbocycles. The maximum atomic E-state index is 13.4. The first kappa shape index (κ1) is 25.7. The summed E-state index contributed by atoms with van der Waals surface area (Å²) in [7, 11) is 3.59. The van der Waals surface area contributed by atoms with Crippen molar-refractivity contribution in [1.82, 2.24) is 19.2 Å². The average Bonchev–Trinajstić information content (AvgIpc) is 3.18. The maximum absolute atomic E-state index is 13.4. The van der Waals surface area contributed by atoms with Gasteiger partial charge < -0.3 is 18.9 Å². The topological polar surface area (TPSA) is 81.5 Å². The zero-order valence-electron chi connectivity index (χ0n) is 20.2. The number of nitrogens with one attached hydrogen (secondary N) is 1. The highest BCUT2D eigenvalue weighted by atomic mass is 35.5. The largest absolute Gasteiger partial charge is 0.487 e. The molecule has 2 aromatic heterocycles. The SMILES string of the molecule is COCCN(C)CCn1[nH]c2cc(=O)n(Cc3ccc(Cl)cc3)c(COc3ccc(F)cc3)c2c1=O. The molecule has 4 rings (SSSR count). The highest BCUT2D eigenvalue weighted by molar-refractivity contribution is 6.30. The molecule has 0 amide bonds. The number of H-pyrrole nitrogens is 1. The van der Waals surface area contributed by atoms with Gasteiger partial charge in [-0.15, -0.1) is 0 Å². The Bertz CT molecular complexity index is 1430. The van der Waals surface area contributed by atoms with Crippen LogP contribution in [0.1, 0.15) is 11.3 Å². The van der Waals surface area contributed by atoms with Crippen LogP contribution in [-0.4, -0.2) is 53.1 Å². The third-order valence-electron chi connectivity index (χ3n) is 5.96. The molecule has 190 valence electrons. The van der Waals surface area contributed by atoms with Gasteiger partial charge in [-0.25, -0.2) is 4.39 Å². The van der Waals surface area contributed by atoms with Crippen molar-refractivity contribution >= 4 is 22.5 Å². The summed E-state index contributed by atoms with van der Waals surface area (Å²) in [6, 6.07) is 14.2. The zero-order chi connectivity index (χ0) is 25.7. The Hall–Kier alpha value is -3.40. The molecule has 0 unspecified atom stereocenters. The van der Waals surface area contributed by atoms with Crippen LogP contribution in [0, 0.1) is 5.82 Å². The molecule has 2 heterocycles. The standard InChI is InChI=1S/C26H28ClFN4O4/c1-30(13-14-35-2)11-12-32-26(34)25-22(29-32)15-24(33)31(16-18-3-5-19(27)6-4-18)23(25)17-36-21-9-7-20(28)8-10-21/h3-10,15,29H,11-14,16-17H2,1-2H3. The third-order valence-corrected chi connectivity index (χ3v) is 6.21. The van der Waals surface area contributed by atoms with Gasteiger partial charge in [0.15, 0.2) is 0 Å². The fraction of sp³-hybridized carbons (Fsp3) is 0.308. The van der Waals surface area contributed by atoms with E-state index in [0.717, 1.165) is 12.1 Å². The van der Waals surface area contributed by atoms with E-state index in [1.165, 1.54) is 39.6 Å². The van der Waals surface area contributed by atoms with Crippen LogP contribution < -0.4 is 15.9 Å². The number of aromatic amines is 1. The van der Waals surface area contributed by atoms with E-state index in [4.69, 9.17) is 21.1 Å². The number of methoxy groups -OCH3 is 1. The van der Waals surface area contributed by atoms with E-state index in [-0.39, 0.29) is 30.1 Å². The molecule has 8 nitrogen and oxygen atoms in total. The molecule has 10 heteroatoms. The molecule has 0 aliphatic heterocycles. The molecule has 0 fully saturated rings. The van der Waals surface area contributed by atoms with Crippen LogP contribution >= 0.6 is 11.6 Å². The van der Waals surface area contributed by atoms with Gasteiger partial charge in [0.25, 0.3) is 11.1 Å². The molecule has 1 N–H and O–H groups in total. The van der Waals surface area contributed by atoms with Gasteiger partial charge in [0.2, 0.25) is 0 Å². The highest BCUT2D eigenvalue weighted by Gasteiger charge is 2.18. The lowest BCUT2D eigenvalue weighted by Crippen LogP contribution is -2.30. The van der Waals surface area contributed by atoms with Gasteiger partial charge in [-0.1, -0.05) is 23.7 Å². The monoisotopic (exact) mass is 514 g/mol. The molecular weight excluding hydrogens is 487 g/mol. The maximum Gasteiger partial charge on any atom is 0.276 e. The number of hydrogen-bond donors (Lipinski definition) is 1. The lowest BCUT2D eigenvalue weighted by molar-refractivity contribution is 0.158. The summed E-state index contributed by atoms with van der Waals surface area (Å²) in [6.07, 6.45) is 0. The first-order valence-electron chi connectivity index (χ1n) is 11.5. The van der Waals surface area contributed by atoms with Gasteiger partial charge in [-0.05, 0) is 49.0 Å². The molecule has 0 bridgehead atoms. The smallest absolute Gasteiger partial charge is 0.276 e. The normalized spacial score (nSPS) is 11.5. The minimum Gasteiger partial charge on any atom is -0.487 e. The molecular formula is C26H28ClFN4O4. The quantitative estimate of drug-likeness (QED) is 0.331. The van der Waals surface area contributed by atoms with E-state index in [2.05, 4.69) is 10.00 Å². The highest BCUT2D eigenvalue weighted by Crippen LogP contribution is 2.19. The van der Waals surface area contributed by atoms with E-state index in [1.807, 2.05) is 19.2 Å². The Morgan fingerprint density at radius 2 is 1.78 bits per heavy atom. The number of rotatable bonds is 11. The molecule has 0 atom stereocenters. The Morgan fingerprint density at radius 3 is 2.47 bits per heavy atom. The van der Waals surface area contributed by atoms with E-state index < -0.39 is 0 Å². The summed E-state index contributed by atoms with van der Waals surface area (Å²) >= 11 is 6.01. The van der Waals surface area contributed by atoms with Crippen LogP contribution in [0.4, 0.5) is 4.39 Å². The van der Waals surface area contributed by atoms with Gasteiger partial charge in [0.1, 0.15) is 18.2 Å². The van der Waals surface area contributed by atoms with Crippen LogP contribution in [0.15, 0.2) is 64.2 Å². The summed E-state index contributed by atoms with van der Waals surface area (Å²) in [5.41, 5.74) is 1.20. The Kier molecular flexibility index (Phi) is 8.25. The fourth-order valence-electron chi connectivity index (χ4n) is 3.92. The first-order chi connectivity index (χ1) is 17.4. The summed E-state index contributed by atoms with van der Waals surface area (Å²) in [6.45, 7) is 2.54. The number of fused-ring (bicyclic) bond motifs is 1. The van der Waals surface area contributed by atoms with Crippen molar-refractivity contribution in [2.24, 2.45) is 0 Å². The first-order valence-corrected chi connectivity index (χ1v) is 11.9. The van der Waals surface area contributed by atoms with Gasteiger partial charge in [-0.3, -0.25) is 19.4 Å². The number of hydrogen-bond acceptors (Lipinski definition) is 5. The van der Waals surface area contributed by atoms with Gasteiger partial charge >= 0.3 is 0 Å². The minimum absolute atomic E-state index is 0.0490. The molecule has 4 aromatic rings. The van der Waals surface area contributed by atoms with Crippen molar-refractivity contribution in [3.63, 3.8) is 0 Å². The van der Waals surface area contributed by atoms with Crippen molar-refractivity contribution in [3.8, 4) is 5.75 Å². The average molecular weight is 515 g/mol. The van der Waals surface area contributed by atoms with Crippen molar-refractivity contribution in [1.29, 1.82) is 0 Å². The van der Waals surface area contributed by atoms with Crippen LogP contribution in [-0.2, 0) is 24.4 Å². The summed E-state index contributed by atoms with van der Waals surface area (Å²) in [5.74, 6) is 0.0441. The second-order valence-corrected chi connectivity index (χ2v) is 8.97. The number of benzene rings is 2. The molecule has 0 saturated carbocycles. The minimum atomic E-state index is -0.381. The number of likely N-dealkylation sites (N-methyl/N-ethyl adjacent to an activating group) is 1. The van der Waals surface area contributed by atoms with Crippen molar-refractivity contribution in [3.05, 3.63) is 97.4 Å². The fourth-order valence-corrected chi connectivity index (χ4v) is 4.05. The lowest BCUT2D eigenvalue weighted by atomic mass is 10.2. The Labute approximate surface area is 212 Å². The molecule has 0 radical (unpaired) electrons. The van der Waals surface area contributed by atoms with Crippen LogP contribution in [0.25, 0.3) is 10.9 Å². The number of aromatic nitrogens is 3. The third kappa shape index (κ3) is 6.04. The second kappa shape index (κ2) is 11.6. The van der Waals surface area contributed by atoms with E-state index in [0.29, 0.717) is 47.1 Å². The number of pyridine rings is 1. The summed E-state index contributed by atoms with van der Waals surface area (Å²) in [5, 5.41) is 4.04. The summed E-state index contributed by atoms with van der Waals surface area (Å²) in [4.78, 5) is 28.7. The van der Waals surface area contributed by atoms with Gasteiger partial charge in [-0.2, -0.15) is 0 Å². The Balaban J connectivity index is 1.72. The van der Waals surface area contributed by atoms with Crippen LogP contribution in [0.2, 0.25) is 5.02 Å². The van der Waals surface area contributed by atoms with Crippen molar-refractivity contribution in [2.45, 2.75) is 19.7 Å². The molecule has 0 spiro atoms. The second-order valence-electron chi connectivity index (χ2n) is 8.54. The predicted octanol–water partition coefficient (Wildman–Crippen LogP) is 3.49. The molecule has 0 aliphatic rings. The molecule has 0 aliphatic carbocycles. The molecule has 36 heavy (non-hydrogen) atoms. The van der Waals surface area contributed by atoms with Gasteiger partial charge in [0.05, 0.1) is 36.3 Å². The van der Waals surface area contributed by atoms with Crippen LogP contribution in [0.5, 0.6) is 5.75 Å². The number of halogens is 2. The van der Waals surface area contributed by atoms with Crippen LogP contribution in [0.3, 0.4) is 0 Å². The summed E-state index contributed by atoms with van der Waals surface area (Å²) < 4.78 is 27.3. The van der Waals surface area contributed by atoms with Crippen molar-refractivity contribution < 1.29 is 13.9 Å². The van der Waals surface area contributed by atoms with E-state index >= 15 is 0 Å². The molecule has 0 saturated heterocycles. The number of ether oxygens (including phenoxy) is 2.